The van der Waals surface area contributed by atoms with Crippen LogP contribution in [-0.4, -0.2) is 31.7 Å². The van der Waals surface area contributed by atoms with E-state index < -0.39 is 0 Å². The van der Waals surface area contributed by atoms with Gasteiger partial charge in [0.25, 0.3) is 0 Å². The minimum atomic E-state index is 1.19. The first-order valence-corrected chi connectivity index (χ1v) is 1.96. The molecule has 0 aliphatic carbocycles. The second kappa shape index (κ2) is 3.33. The van der Waals surface area contributed by atoms with Crippen molar-refractivity contribution in [1.82, 2.24) is 4.90 Å². The lowest BCUT2D eigenvalue weighted by molar-refractivity contribution is 0.794. The molecule has 0 unspecified atom stereocenters. The Labute approximate surface area is 43.2 Å². The first-order chi connectivity index (χ1) is 3.31. The molecule has 0 saturated heterocycles. The van der Waals surface area contributed by atoms with E-state index in [2.05, 4.69) is 4.99 Å². The third kappa shape index (κ3) is 2.96. The van der Waals surface area contributed by atoms with Gasteiger partial charge < -0.3 is 4.90 Å². The summed E-state index contributed by atoms with van der Waals surface area (Å²) in [7, 11) is 3.42. The molecule has 3 heteroatoms. The number of hydrogen-bond donors (Lipinski definition) is 1. The Morgan fingerprint density at radius 3 is 2.43 bits per heavy atom. The second-order valence-electron chi connectivity index (χ2n) is 1.17. The quantitative estimate of drug-likeness (QED) is 0.389. The van der Waals surface area contributed by atoms with Crippen LogP contribution in [0.15, 0.2) is 4.99 Å². The summed E-state index contributed by atoms with van der Waals surface area (Å²) in [6, 6.07) is 0. The summed E-state index contributed by atoms with van der Waals surface area (Å²) >= 11 is 0. The Morgan fingerprint density at radius 2 is 2.29 bits per heavy atom. The van der Waals surface area contributed by atoms with Crippen molar-refractivity contribution in [3.8, 4) is 0 Å². The highest BCUT2D eigenvalue weighted by molar-refractivity contribution is 5.72. The number of nitrogens with one attached hydrogen (secondary N) is 1. The van der Waals surface area contributed by atoms with Gasteiger partial charge in [0.05, 0.1) is 12.7 Å². The summed E-state index contributed by atoms with van der Waals surface area (Å²) in [6.07, 6.45) is 2.75. The van der Waals surface area contributed by atoms with E-state index in [4.69, 9.17) is 5.41 Å². The first kappa shape index (κ1) is 6.14. The van der Waals surface area contributed by atoms with Crippen LogP contribution < -0.4 is 0 Å². The molecule has 0 aromatic heterocycles. The van der Waals surface area contributed by atoms with E-state index in [9.17, 15) is 0 Å². The summed E-state index contributed by atoms with van der Waals surface area (Å²) in [5, 5.41) is 6.62. The maximum Gasteiger partial charge on any atom is 0.0895 e. The number of hydrogen-bond acceptors (Lipinski definition) is 2. The normalized spacial score (nSPS) is 9.43. The van der Waals surface area contributed by atoms with Crippen molar-refractivity contribution in [2.24, 2.45) is 4.99 Å². The first-order valence-electron chi connectivity index (χ1n) is 1.96. The van der Waals surface area contributed by atoms with Crippen LogP contribution in [0.25, 0.3) is 0 Å². The van der Waals surface area contributed by atoms with Crippen LogP contribution in [0.2, 0.25) is 0 Å². The van der Waals surface area contributed by atoms with Crippen molar-refractivity contribution in [3.63, 3.8) is 0 Å². The third-order valence-electron chi connectivity index (χ3n) is 0.501. The van der Waals surface area contributed by atoms with Crippen LogP contribution in [0.5, 0.6) is 0 Å². The molecule has 0 aromatic carbocycles. The highest BCUT2D eigenvalue weighted by Gasteiger charge is 1.74. The van der Waals surface area contributed by atoms with Crippen molar-refractivity contribution in [3.05, 3.63) is 0 Å². The minimum absolute atomic E-state index is 1.19. The van der Waals surface area contributed by atoms with Gasteiger partial charge in [-0.1, -0.05) is 0 Å². The van der Waals surface area contributed by atoms with E-state index in [0.717, 1.165) is 0 Å². The predicted molar refractivity (Wildman–Crippen MR) is 31.0 cm³/mol. The molecule has 0 fully saturated rings. The van der Waals surface area contributed by atoms with Gasteiger partial charge in [-0.15, -0.1) is 0 Å². The van der Waals surface area contributed by atoms with Gasteiger partial charge in [-0.2, -0.15) is 0 Å². The third-order valence-corrected chi connectivity index (χ3v) is 0.501. The topological polar surface area (TPSA) is 39.5 Å². The molecule has 0 spiro atoms. The molecule has 0 radical (unpaired) electrons. The molecule has 0 heterocycles. The zero-order valence-corrected chi connectivity index (χ0v) is 4.55. The van der Waals surface area contributed by atoms with Gasteiger partial charge in [-0.05, 0) is 0 Å². The molecule has 0 aliphatic heterocycles. The van der Waals surface area contributed by atoms with Gasteiger partial charge in [-0.3, -0.25) is 10.4 Å². The monoisotopic (exact) mass is 99.1 g/mol. The fourth-order valence-corrected chi connectivity index (χ4v) is 0.215. The van der Waals surface area contributed by atoms with E-state index >= 15 is 0 Å². The molecule has 0 saturated carbocycles. The summed E-state index contributed by atoms with van der Waals surface area (Å²) in [4.78, 5) is 5.21. The zero-order chi connectivity index (χ0) is 5.70. The molecule has 0 aliphatic rings. The standard InChI is InChI=1S/C4H9N3/c1-6-4-7(2)3-5/h3-5H,1-2H3. The molecular formula is C4H9N3. The Balaban J connectivity index is 3.35. The fraction of sp³-hybridized carbons (Fsp3) is 0.500. The zero-order valence-electron chi connectivity index (χ0n) is 4.55. The van der Waals surface area contributed by atoms with Crippen LogP contribution in [0.1, 0.15) is 0 Å². The average molecular weight is 99.1 g/mol. The molecule has 1 N–H and O–H groups in total. The minimum Gasteiger partial charge on any atom is -0.327 e. The van der Waals surface area contributed by atoms with Crippen molar-refractivity contribution in [1.29, 1.82) is 5.41 Å². The lowest BCUT2D eigenvalue weighted by Crippen LogP contribution is -2.11. The Kier molecular flexibility index (Phi) is 2.92. The Hall–Kier alpha value is -0.860. The largest absolute Gasteiger partial charge is 0.327 e. The summed E-state index contributed by atoms with van der Waals surface area (Å²) in [5.74, 6) is 0. The molecule has 3 nitrogen and oxygen atoms in total. The summed E-state index contributed by atoms with van der Waals surface area (Å²) in [6.45, 7) is 0. The van der Waals surface area contributed by atoms with E-state index in [1.165, 1.54) is 6.34 Å². The van der Waals surface area contributed by atoms with Crippen molar-refractivity contribution >= 4 is 12.7 Å². The number of rotatable bonds is 2. The lowest BCUT2D eigenvalue weighted by atomic mass is 10.9. The SMILES string of the molecule is CN=CN(C)C=N. The maximum atomic E-state index is 6.62. The van der Waals surface area contributed by atoms with E-state index in [-0.39, 0.29) is 0 Å². The van der Waals surface area contributed by atoms with Gasteiger partial charge in [0, 0.05) is 14.1 Å². The van der Waals surface area contributed by atoms with Crippen LogP contribution in [-0.2, 0) is 0 Å². The van der Waals surface area contributed by atoms with E-state index in [1.807, 2.05) is 0 Å². The van der Waals surface area contributed by atoms with Gasteiger partial charge >= 0.3 is 0 Å². The fourth-order valence-electron chi connectivity index (χ4n) is 0.215. The molecule has 0 aromatic rings. The Bertz CT molecular complexity index is 77.0. The molecule has 40 valence electrons. The number of nitrogens with zero attached hydrogens (tertiary/aromatic N) is 2. The molecule has 0 atom stereocenters. The summed E-state index contributed by atoms with van der Waals surface area (Å²) < 4.78 is 0. The maximum absolute atomic E-state index is 6.62. The number of aliphatic imine (C=N–C) groups is 1. The second-order valence-corrected chi connectivity index (χ2v) is 1.17. The lowest BCUT2D eigenvalue weighted by Gasteiger charge is -1.99. The molecule has 0 bridgehead atoms. The van der Waals surface area contributed by atoms with Crippen molar-refractivity contribution < 1.29 is 0 Å². The highest BCUT2D eigenvalue weighted by Crippen LogP contribution is 1.62. The van der Waals surface area contributed by atoms with Gasteiger partial charge in [0.1, 0.15) is 0 Å². The van der Waals surface area contributed by atoms with Gasteiger partial charge in [0.15, 0.2) is 0 Å². The van der Waals surface area contributed by atoms with Crippen LogP contribution in [0, 0.1) is 5.41 Å². The summed E-state index contributed by atoms with van der Waals surface area (Å²) in [5.41, 5.74) is 0. The predicted octanol–water partition coefficient (Wildman–Crippen LogP) is 0.183. The average Bonchev–Trinajstić information content (AvgIpc) is 1.68. The van der Waals surface area contributed by atoms with Crippen molar-refractivity contribution in [2.45, 2.75) is 0 Å². The van der Waals surface area contributed by atoms with Gasteiger partial charge in [-0.25, -0.2) is 0 Å². The van der Waals surface area contributed by atoms with E-state index in [1.54, 1.807) is 25.3 Å². The van der Waals surface area contributed by atoms with Crippen LogP contribution in [0.3, 0.4) is 0 Å². The van der Waals surface area contributed by atoms with Crippen molar-refractivity contribution in [2.75, 3.05) is 14.1 Å². The Morgan fingerprint density at radius 1 is 1.71 bits per heavy atom. The highest BCUT2D eigenvalue weighted by atomic mass is 15.1. The smallest absolute Gasteiger partial charge is 0.0895 e. The van der Waals surface area contributed by atoms with Crippen LogP contribution in [0.4, 0.5) is 0 Å². The molecule has 7 heavy (non-hydrogen) atoms. The van der Waals surface area contributed by atoms with Gasteiger partial charge in [0.2, 0.25) is 0 Å². The molecule has 0 amide bonds. The molecule has 0 rings (SSSR count). The molecular weight excluding hydrogens is 90.1 g/mol. The van der Waals surface area contributed by atoms with Crippen LogP contribution >= 0.6 is 0 Å². The van der Waals surface area contributed by atoms with E-state index in [0.29, 0.717) is 0 Å².